The second kappa shape index (κ2) is 7.27. The van der Waals surface area contributed by atoms with Gasteiger partial charge in [0.05, 0.1) is 10.6 Å². The number of halogens is 4. The summed E-state index contributed by atoms with van der Waals surface area (Å²) < 4.78 is 38.2. The molecule has 1 aliphatic carbocycles. The highest BCUT2D eigenvalue weighted by molar-refractivity contribution is 6.33. The summed E-state index contributed by atoms with van der Waals surface area (Å²) in [5.41, 5.74) is -0.864. The highest BCUT2D eigenvalue weighted by Gasteiger charge is 2.32. The Morgan fingerprint density at radius 2 is 2.04 bits per heavy atom. The molecule has 0 radical (unpaired) electrons. The zero-order chi connectivity index (χ0) is 18.0. The summed E-state index contributed by atoms with van der Waals surface area (Å²) in [6.07, 6.45) is -0.620. The van der Waals surface area contributed by atoms with Crippen LogP contribution in [0, 0.1) is 5.92 Å². The molecule has 1 saturated carbocycles. The van der Waals surface area contributed by atoms with Crippen LogP contribution in [0.4, 0.5) is 23.8 Å². The standard InChI is InChI=1S/C16H20ClF3N4O/c17-13-8-12(16(18,19)20)10-21-14(13)23-4-1-5-24(7-6-23)15(25)22-9-11-2-3-11/h8,10-11H,1-7,9H2,(H,22,25). The number of hydrogen-bond donors (Lipinski definition) is 1. The van der Waals surface area contributed by atoms with Crippen molar-refractivity contribution in [1.82, 2.24) is 15.2 Å². The van der Waals surface area contributed by atoms with E-state index < -0.39 is 11.7 Å². The van der Waals surface area contributed by atoms with E-state index >= 15 is 0 Å². The number of carbonyl (C=O) groups excluding carboxylic acids is 1. The fourth-order valence-electron chi connectivity index (χ4n) is 2.82. The number of amides is 2. The second-order valence-electron chi connectivity index (χ2n) is 6.48. The quantitative estimate of drug-likeness (QED) is 0.879. The Balaban J connectivity index is 1.61. The average molecular weight is 377 g/mol. The molecule has 1 aliphatic heterocycles. The summed E-state index contributed by atoms with van der Waals surface area (Å²) in [4.78, 5) is 19.6. The summed E-state index contributed by atoms with van der Waals surface area (Å²) in [6, 6.07) is 0.815. The minimum atomic E-state index is -4.47. The maximum absolute atomic E-state index is 12.7. The van der Waals surface area contributed by atoms with E-state index in [9.17, 15) is 18.0 Å². The summed E-state index contributed by atoms with van der Waals surface area (Å²) in [5, 5.41) is 2.91. The average Bonchev–Trinajstić information content (AvgIpc) is 3.38. The third-order valence-electron chi connectivity index (χ3n) is 4.47. The number of rotatable bonds is 3. The first-order valence-electron chi connectivity index (χ1n) is 8.35. The molecule has 0 unspecified atom stereocenters. The lowest BCUT2D eigenvalue weighted by Crippen LogP contribution is -2.42. The van der Waals surface area contributed by atoms with Gasteiger partial charge >= 0.3 is 12.2 Å². The third kappa shape index (κ3) is 4.68. The summed E-state index contributed by atoms with van der Waals surface area (Å²) in [7, 11) is 0. The van der Waals surface area contributed by atoms with Gasteiger partial charge in [0.15, 0.2) is 0 Å². The number of alkyl halides is 3. The van der Waals surface area contributed by atoms with Crippen molar-refractivity contribution >= 4 is 23.4 Å². The van der Waals surface area contributed by atoms with Crippen LogP contribution in [0.5, 0.6) is 0 Å². The van der Waals surface area contributed by atoms with Gasteiger partial charge in [-0.2, -0.15) is 13.2 Å². The highest BCUT2D eigenvalue weighted by atomic mass is 35.5. The lowest BCUT2D eigenvalue weighted by atomic mass is 10.2. The third-order valence-corrected chi connectivity index (χ3v) is 4.75. The second-order valence-corrected chi connectivity index (χ2v) is 6.89. The molecule has 0 spiro atoms. The van der Waals surface area contributed by atoms with Gasteiger partial charge in [0, 0.05) is 38.9 Å². The van der Waals surface area contributed by atoms with Crippen LogP contribution in [-0.4, -0.2) is 48.6 Å². The minimum Gasteiger partial charge on any atom is -0.354 e. The molecule has 0 aromatic carbocycles. The first-order valence-corrected chi connectivity index (χ1v) is 8.73. The number of hydrogen-bond acceptors (Lipinski definition) is 3. The highest BCUT2D eigenvalue weighted by Crippen LogP contribution is 2.33. The van der Waals surface area contributed by atoms with Crippen LogP contribution < -0.4 is 10.2 Å². The fourth-order valence-corrected chi connectivity index (χ4v) is 3.10. The van der Waals surface area contributed by atoms with Gasteiger partial charge in [-0.05, 0) is 31.2 Å². The van der Waals surface area contributed by atoms with Gasteiger partial charge in [0.25, 0.3) is 0 Å². The van der Waals surface area contributed by atoms with Crippen molar-refractivity contribution in [3.8, 4) is 0 Å². The van der Waals surface area contributed by atoms with E-state index in [1.54, 1.807) is 4.90 Å². The molecule has 5 nitrogen and oxygen atoms in total. The molecule has 0 atom stereocenters. The van der Waals surface area contributed by atoms with Gasteiger partial charge in [0.1, 0.15) is 5.82 Å². The van der Waals surface area contributed by atoms with Crippen LogP contribution in [0.25, 0.3) is 0 Å². The molecule has 1 aromatic heterocycles. The SMILES string of the molecule is O=C(NCC1CC1)N1CCCN(c2ncc(C(F)(F)F)cc2Cl)CC1. The first kappa shape index (κ1) is 18.1. The van der Waals surface area contributed by atoms with Gasteiger partial charge in [-0.15, -0.1) is 0 Å². The molecule has 1 N–H and O–H groups in total. The fraction of sp³-hybridized carbons (Fsp3) is 0.625. The van der Waals surface area contributed by atoms with Gasteiger partial charge in [-0.25, -0.2) is 9.78 Å². The van der Waals surface area contributed by atoms with Crippen molar-refractivity contribution in [3.63, 3.8) is 0 Å². The molecular formula is C16H20ClF3N4O. The molecular weight excluding hydrogens is 357 g/mol. The molecule has 9 heteroatoms. The topological polar surface area (TPSA) is 48.5 Å². The summed E-state index contributed by atoms with van der Waals surface area (Å²) in [6.45, 7) is 2.87. The predicted octanol–water partition coefficient (Wildman–Crippen LogP) is 3.39. The van der Waals surface area contributed by atoms with Gasteiger partial charge in [0.2, 0.25) is 0 Å². The van der Waals surface area contributed by atoms with E-state index in [-0.39, 0.29) is 11.1 Å². The largest absolute Gasteiger partial charge is 0.417 e. The molecule has 1 aromatic rings. The van der Waals surface area contributed by atoms with Crippen LogP contribution >= 0.6 is 11.6 Å². The summed E-state index contributed by atoms with van der Waals surface area (Å²) in [5.74, 6) is 0.942. The number of pyridine rings is 1. The van der Waals surface area contributed by atoms with Gasteiger partial charge in [-0.3, -0.25) is 0 Å². The molecule has 2 heterocycles. The van der Waals surface area contributed by atoms with Gasteiger partial charge in [-0.1, -0.05) is 11.6 Å². The van der Waals surface area contributed by atoms with Crippen LogP contribution in [0.3, 0.4) is 0 Å². The van der Waals surface area contributed by atoms with Crippen molar-refractivity contribution in [1.29, 1.82) is 0 Å². The van der Waals surface area contributed by atoms with E-state index in [1.165, 1.54) is 12.8 Å². The molecule has 138 valence electrons. The van der Waals surface area contributed by atoms with Crippen molar-refractivity contribution in [2.24, 2.45) is 5.92 Å². The Morgan fingerprint density at radius 1 is 1.28 bits per heavy atom. The summed E-state index contributed by atoms with van der Waals surface area (Å²) >= 11 is 6.02. The van der Waals surface area contributed by atoms with E-state index in [4.69, 9.17) is 11.6 Å². The van der Waals surface area contributed by atoms with Crippen LogP contribution in [0.1, 0.15) is 24.8 Å². The zero-order valence-corrected chi connectivity index (χ0v) is 14.4. The molecule has 0 bridgehead atoms. The number of nitrogens with zero attached hydrogens (tertiary/aromatic N) is 3. The number of nitrogens with one attached hydrogen (secondary N) is 1. The van der Waals surface area contributed by atoms with Crippen LogP contribution in [0.2, 0.25) is 5.02 Å². The Hall–Kier alpha value is -1.70. The number of anilines is 1. The van der Waals surface area contributed by atoms with Crippen molar-refractivity contribution < 1.29 is 18.0 Å². The maximum Gasteiger partial charge on any atom is 0.417 e. The van der Waals surface area contributed by atoms with E-state index in [2.05, 4.69) is 10.3 Å². The van der Waals surface area contributed by atoms with Crippen LogP contribution in [-0.2, 0) is 6.18 Å². The molecule has 2 fully saturated rings. The minimum absolute atomic E-state index is 0.0264. The molecule has 1 saturated heterocycles. The predicted molar refractivity (Wildman–Crippen MR) is 88.8 cm³/mol. The number of carbonyl (C=O) groups is 1. The molecule has 3 rings (SSSR count). The Morgan fingerprint density at radius 3 is 2.68 bits per heavy atom. The zero-order valence-electron chi connectivity index (χ0n) is 13.7. The normalized spacial score (nSPS) is 18.9. The lowest BCUT2D eigenvalue weighted by Gasteiger charge is -2.24. The van der Waals surface area contributed by atoms with Gasteiger partial charge < -0.3 is 15.1 Å². The van der Waals surface area contributed by atoms with Crippen molar-refractivity contribution in [2.45, 2.75) is 25.4 Å². The van der Waals surface area contributed by atoms with E-state index in [1.807, 2.05) is 4.90 Å². The molecule has 25 heavy (non-hydrogen) atoms. The Bertz CT molecular complexity index is 636. The van der Waals surface area contributed by atoms with Crippen molar-refractivity contribution in [3.05, 3.63) is 22.8 Å². The number of aromatic nitrogens is 1. The monoisotopic (exact) mass is 376 g/mol. The van der Waals surface area contributed by atoms with E-state index in [0.29, 0.717) is 50.9 Å². The lowest BCUT2D eigenvalue weighted by molar-refractivity contribution is -0.137. The number of urea groups is 1. The smallest absolute Gasteiger partial charge is 0.354 e. The molecule has 2 amide bonds. The molecule has 2 aliphatic rings. The van der Waals surface area contributed by atoms with Crippen molar-refractivity contribution in [2.75, 3.05) is 37.6 Å². The van der Waals surface area contributed by atoms with E-state index in [0.717, 1.165) is 12.3 Å². The Labute approximate surface area is 149 Å². The maximum atomic E-state index is 12.7. The first-order chi connectivity index (χ1) is 11.8. The Kier molecular flexibility index (Phi) is 5.27. The van der Waals surface area contributed by atoms with Crippen LogP contribution in [0.15, 0.2) is 12.3 Å².